The molecule has 420 valence electrons. The molecule has 0 saturated carbocycles. The first-order valence-electron chi connectivity index (χ1n) is 30.1. The maximum Gasteiger partial charge on any atom is 0.306 e. The summed E-state index contributed by atoms with van der Waals surface area (Å²) in [5.74, 6) is -0.571. The van der Waals surface area contributed by atoms with Crippen molar-refractivity contribution in [3.05, 3.63) is 60.8 Å². The minimum absolute atomic E-state index is 0.0277. The van der Waals surface area contributed by atoms with E-state index in [2.05, 4.69) is 74.7 Å². The van der Waals surface area contributed by atoms with Gasteiger partial charge in [-0.25, -0.2) is 0 Å². The van der Waals surface area contributed by atoms with Gasteiger partial charge in [0.15, 0.2) is 0 Å². The second kappa shape index (κ2) is 52.2. The van der Waals surface area contributed by atoms with Crippen LogP contribution in [0, 0.1) is 0 Å². The Kier molecular flexibility index (Phi) is 50.5. The largest absolute Gasteiger partial charge is 0.756 e. The summed E-state index contributed by atoms with van der Waals surface area (Å²) in [6.07, 6.45) is 64.6. The number of esters is 1. The van der Waals surface area contributed by atoms with Gasteiger partial charge in [-0.05, 0) is 76.7 Å². The predicted octanol–water partition coefficient (Wildman–Crippen LogP) is 17.6. The number of nitrogens with one attached hydrogen (secondary N) is 1. The quantitative estimate of drug-likeness (QED) is 0.0212. The second-order valence-corrected chi connectivity index (χ2v) is 22.9. The minimum Gasteiger partial charge on any atom is -0.756 e. The lowest BCUT2D eigenvalue weighted by molar-refractivity contribution is -0.870. The van der Waals surface area contributed by atoms with Crippen LogP contribution in [0.4, 0.5) is 0 Å². The fourth-order valence-electron chi connectivity index (χ4n) is 8.51. The lowest BCUT2D eigenvalue weighted by atomic mass is 10.0. The molecule has 0 fully saturated rings. The monoisotopic (exact) mass is 1030 g/mol. The van der Waals surface area contributed by atoms with Crippen LogP contribution in [-0.4, -0.2) is 69.4 Å². The number of hydrogen-bond donors (Lipinski definition) is 1. The normalized spacial score (nSPS) is 14.2. The Morgan fingerprint density at radius 2 is 0.847 bits per heavy atom. The Morgan fingerprint density at radius 1 is 0.486 bits per heavy atom. The maximum absolute atomic E-state index is 13.5. The Hall–Kier alpha value is -2.29. The zero-order valence-corrected chi connectivity index (χ0v) is 48.8. The van der Waals surface area contributed by atoms with Crippen molar-refractivity contribution in [1.82, 2.24) is 5.32 Å². The van der Waals surface area contributed by atoms with Gasteiger partial charge >= 0.3 is 5.97 Å². The van der Waals surface area contributed by atoms with Crippen molar-refractivity contribution in [3.63, 3.8) is 0 Å². The Balaban J connectivity index is 5.35. The van der Waals surface area contributed by atoms with E-state index in [0.29, 0.717) is 23.9 Å². The van der Waals surface area contributed by atoms with Gasteiger partial charge in [-0.2, -0.15) is 0 Å². The first kappa shape index (κ1) is 69.7. The second-order valence-electron chi connectivity index (χ2n) is 21.5. The maximum atomic E-state index is 13.5. The summed E-state index contributed by atoms with van der Waals surface area (Å²) in [5, 5.41) is 3.02. The third-order valence-corrected chi connectivity index (χ3v) is 14.2. The number of phosphoric acid groups is 1. The van der Waals surface area contributed by atoms with Crippen LogP contribution in [-0.2, 0) is 27.9 Å². The molecule has 0 aromatic heterocycles. The molecule has 0 heterocycles. The fourth-order valence-corrected chi connectivity index (χ4v) is 9.23. The van der Waals surface area contributed by atoms with E-state index in [1.807, 2.05) is 33.3 Å². The highest BCUT2D eigenvalue weighted by atomic mass is 31.2. The zero-order chi connectivity index (χ0) is 52.9. The third-order valence-electron chi connectivity index (χ3n) is 13.2. The molecule has 0 aromatic rings. The third kappa shape index (κ3) is 52.6. The first-order valence-corrected chi connectivity index (χ1v) is 31.6. The van der Waals surface area contributed by atoms with E-state index in [-0.39, 0.29) is 24.9 Å². The van der Waals surface area contributed by atoms with Crippen LogP contribution in [0.25, 0.3) is 0 Å². The van der Waals surface area contributed by atoms with Gasteiger partial charge < -0.3 is 28.5 Å². The van der Waals surface area contributed by atoms with Gasteiger partial charge in [-0.1, -0.05) is 242 Å². The summed E-state index contributed by atoms with van der Waals surface area (Å²) < 4.78 is 30.2. The first-order chi connectivity index (χ1) is 34.9. The minimum atomic E-state index is -4.70. The standard InChI is InChI=1S/C62H115N2O7P/c1-7-10-13-16-19-22-25-28-30-31-32-33-35-37-40-43-46-49-52-55-62(66)71-60(53-50-47-44-41-38-27-24-21-18-15-12-9-3)59(58-70-72(67,68)69-57-56-64(4,5)6)63-61(65)54-51-48-45-42-39-36-34-29-26-23-20-17-14-11-8-2/h19,22,28,30,32-33,37,40,50,53,59-60H,7-18,20-21,23-27,29,31,34-36,38-39,41-49,51-52,54-58H2,1-6H3,(H-,63,65,67,68)/b22-19-,30-28-,33-32-,40-37-,53-50+. The summed E-state index contributed by atoms with van der Waals surface area (Å²) in [4.78, 5) is 39.9. The molecule has 0 aliphatic heterocycles. The molecule has 1 amide bonds. The van der Waals surface area contributed by atoms with Crippen molar-refractivity contribution in [1.29, 1.82) is 0 Å². The van der Waals surface area contributed by atoms with E-state index in [1.54, 1.807) is 0 Å². The van der Waals surface area contributed by atoms with Gasteiger partial charge in [0.1, 0.15) is 19.3 Å². The van der Waals surface area contributed by atoms with E-state index < -0.39 is 26.6 Å². The van der Waals surface area contributed by atoms with E-state index in [9.17, 15) is 19.0 Å². The molecule has 0 aliphatic rings. The van der Waals surface area contributed by atoms with Gasteiger partial charge in [0, 0.05) is 12.8 Å². The number of hydrogen-bond acceptors (Lipinski definition) is 7. The average molecular weight is 1030 g/mol. The number of carbonyl (C=O) groups is 2. The average Bonchev–Trinajstić information content (AvgIpc) is 3.34. The molecule has 0 spiro atoms. The van der Waals surface area contributed by atoms with Crippen molar-refractivity contribution >= 4 is 19.7 Å². The highest BCUT2D eigenvalue weighted by molar-refractivity contribution is 7.45. The molecular formula is C62H115N2O7P. The number of nitrogens with zero attached hydrogens (tertiary/aromatic N) is 1. The van der Waals surface area contributed by atoms with Crippen molar-refractivity contribution in [3.8, 4) is 0 Å². The summed E-state index contributed by atoms with van der Waals surface area (Å²) in [7, 11) is 1.17. The number of amides is 1. The molecule has 1 N–H and O–H groups in total. The number of ether oxygens (including phenoxy) is 1. The zero-order valence-electron chi connectivity index (χ0n) is 47.9. The molecule has 10 heteroatoms. The van der Waals surface area contributed by atoms with Gasteiger partial charge in [-0.15, -0.1) is 0 Å². The van der Waals surface area contributed by atoms with Crippen LogP contribution in [0.1, 0.15) is 271 Å². The molecule has 0 bridgehead atoms. The number of phosphoric ester groups is 1. The molecule has 0 aromatic carbocycles. The molecular weight excluding hydrogens is 916 g/mol. The van der Waals surface area contributed by atoms with Crippen molar-refractivity contribution in [2.24, 2.45) is 0 Å². The SMILES string of the molecule is CCCCC/C=C\C/C=C\C/C=C\C/C=C\CCCCCC(=O)OC(/C=C/CCCCCCCCCCCC)C(COP(=O)([O-])OCC[N+](C)(C)C)NC(=O)CCCCCCCCCCCCCCCCC. The number of rotatable bonds is 54. The summed E-state index contributed by atoms with van der Waals surface area (Å²) in [5.41, 5.74) is 0. The van der Waals surface area contributed by atoms with Gasteiger partial charge in [0.2, 0.25) is 5.91 Å². The van der Waals surface area contributed by atoms with Crippen LogP contribution < -0.4 is 10.2 Å². The summed E-state index contributed by atoms with van der Waals surface area (Å²) >= 11 is 0. The van der Waals surface area contributed by atoms with Gasteiger partial charge in [0.25, 0.3) is 7.82 Å². The number of quaternary nitrogens is 1. The molecule has 9 nitrogen and oxygen atoms in total. The van der Waals surface area contributed by atoms with Crippen molar-refractivity contribution in [2.45, 2.75) is 283 Å². The summed E-state index contributed by atoms with van der Waals surface area (Å²) in [6, 6.07) is -0.900. The van der Waals surface area contributed by atoms with Crippen LogP contribution >= 0.6 is 7.82 Å². The number of allylic oxidation sites excluding steroid dienone is 9. The van der Waals surface area contributed by atoms with Crippen molar-refractivity contribution in [2.75, 3.05) is 40.9 Å². The molecule has 0 radical (unpaired) electrons. The predicted molar refractivity (Wildman–Crippen MR) is 307 cm³/mol. The van der Waals surface area contributed by atoms with Crippen molar-refractivity contribution < 1.29 is 37.3 Å². The van der Waals surface area contributed by atoms with E-state index in [1.165, 1.54) is 154 Å². The Bertz CT molecular complexity index is 1420. The summed E-state index contributed by atoms with van der Waals surface area (Å²) in [6.45, 7) is 6.80. The highest BCUT2D eigenvalue weighted by Crippen LogP contribution is 2.38. The van der Waals surface area contributed by atoms with Gasteiger partial charge in [-0.3, -0.25) is 14.2 Å². The molecule has 0 aliphatic carbocycles. The van der Waals surface area contributed by atoms with Crippen LogP contribution in [0.2, 0.25) is 0 Å². The highest BCUT2D eigenvalue weighted by Gasteiger charge is 2.27. The number of carbonyl (C=O) groups excluding carboxylic acids is 2. The van der Waals surface area contributed by atoms with E-state index in [4.69, 9.17) is 13.8 Å². The Morgan fingerprint density at radius 3 is 1.31 bits per heavy atom. The lowest BCUT2D eigenvalue weighted by Gasteiger charge is -2.30. The molecule has 3 unspecified atom stereocenters. The Labute approximate surface area is 445 Å². The van der Waals surface area contributed by atoms with E-state index in [0.717, 1.165) is 77.0 Å². The van der Waals surface area contributed by atoms with E-state index >= 15 is 0 Å². The molecule has 72 heavy (non-hydrogen) atoms. The topological polar surface area (TPSA) is 114 Å². The number of likely N-dealkylation sites (N-methyl/N-ethyl adjacent to an activating group) is 1. The molecule has 3 atom stereocenters. The molecule has 0 saturated heterocycles. The van der Waals surface area contributed by atoms with Gasteiger partial charge in [0.05, 0.1) is 33.8 Å². The lowest BCUT2D eigenvalue weighted by Crippen LogP contribution is -2.47. The smallest absolute Gasteiger partial charge is 0.306 e. The number of unbranched alkanes of at least 4 members (excludes halogenated alkanes) is 30. The van der Waals surface area contributed by atoms with Crippen LogP contribution in [0.5, 0.6) is 0 Å². The van der Waals surface area contributed by atoms with Crippen LogP contribution in [0.15, 0.2) is 60.8 Å². The fraction of sp³-hybridized carbons (Fsp3) is 0.806. The van der Waals surface area contributed by atoms with Crippen LogP contribution in [0.3, 0.4) is 0 Å². The molecule has 0 rings (SSSR count).